The molecule has 0 aliphatic heterocycles. The molecule has 1 heterocycles. The number of hydrogen-bond acceptors (Lipinski definition) is 3. The Kier molecular flexibility index (Phi) is 3.27. The molecule has 0 aliphatic carbocycles. The number of rotatable bonds is 1. The maximum Gasteiger partial charge on any atom is 0.271 e. The van der Waals surface area contributed by atoms with Crippen molar-refractivity contribution in [1.82, 2.24) is 0 Å². The molecular formula is C5H3Br2ClO2S2. The van der Waals surface area contributed by atoms with Gasteiger partial charge in [-0.3, -0.25) is 0 Å². The zero-order valence-corrected chi connectivity index (χ0v) is 11.3. The largest absolute Gasteiger partial charge is 0.271 e. The fourth-order valence-electron chi connectivity index (χ4n) is 0.630. The molecule has 0 aliphatic rings. The lowest BCUT2D eigenvalue weighted by atomic mass is 10.5. The third-order valence-electron chi connectivity index (χ3n) is 1.15. The van der Waals surface area contributed by atoms with Crippen LogP contribution in [0.3, 0.4) is 0 Å². The summed E-state index contributed by atoms with van der Waals surface area (Å²) in [6.07, 6.45) is 0. The van der Waals surface area contributed by atoms with Crippen LogP contribution in [0.25, 0.3) is 0 Å². The third kappa shape index (κ3) is 2.04. The van der Waals surface area contributed by atoms with E-state index in [4.69, 9.17) is 10.7 Å². The minimum atomic E-state index is -3.62. The lowest BCUT2D eigenvalue weighted by Gasteiger charge is -1.89. The Labute approximate surface area is 95.6 Å². The highest BCUT2D eigenvalue weighted by molar-refractivity contribution is 9.13. The molecule has 0 aromatic carbocycles. The van der Waals surface area contributed by atoms with Crippen LogP contribution in [-0.2, 0) is 9.05 Å². The van der Waals surface area contributed by atoms with Crippen LogP contribution in [0.1, 0.15) is 4.88 Å². The fraction of sp³-hybridized carbons (Fsp3) is 0.200. The van der Waals surface area contributed by atoms with Gasteiger partial charge in [-0.1, -0.05) is 0 Å². The molecule has 0 saturated heterocycles. The smallest absolute Gasteiger partial charge is 0.206 e. The Morgan fingerprint density at radius 1 is 1.33 bits per heavy atom. The van der Waals surface area contributed by atoms with E-state index in [0.29, 0.717) is 4.47 Å². The van der Waals surface area contributed by atoms with Crippen LogP contribution in [0.15, 0.2) is 13.2 Å². The molecule has 0 saturated carbocycles. The topological polar surface area (TPSA) is 34.1 Å². The number of halogens is 3. The SMILES string of the molecule is Cc1sc(S(=O)(=O)Cl)c(Br)c1Br. The predicted molar refractivity (Wildman–Crippen MR) is 57.5 cm³/mol. The molecule has 0 unspecified atom stereocenters. The van der Waals surface area contributed by atoms with E-state index < -0.39 is 9.05 Å². The minimum absolute atomic E-state index is 0.147. The summed E-state index contributed by atoms with van der Waals surface area (Å²) in [5, 5.41) is 0. The number of thiophene rings is 1. The monoisotopic (exact) mass is 352 g/mol. The first-order valence-electron chi connectivity index (χ1n) is 2.73. The molecule has 1 aromatic rings. The van der Waals surface area contributed by atoms with Crippen LogP contribution >= 0.6 is 53.9 Å². The maximum absolute atomic E-state index is 10.9. The molecule has 1 rings (SSSR count). The van der Waals surface area contributed by atoms with Gasteiger partial charge >= 0.3 is 0 Å². The molecule has 0 bridgehead atoms. The summed E-state index contributed by atoms with van der Waals surface area (Å²) in [6, 6.07) is 0. The highest BCUT2D eigenvalue weighted by atomic mass is 79.9. The van der Waals surface area contributed by atoms with Crippen molar-refractivity contribution in [2.45, 2.75) is 11.1 Å². The minimum Gasteiger partial charge on any atom is -0.206 e. The van der Waals surface area contributed by atoms with Gasteiger partial charge in [-0.05, 0) is 38.8 Å². The molecule has 0 atom stereocenters. The lowest BCUT2D eigenvalue weighted by Crippen LogP contribution is -1.85. The average molecular weight is 354 g/mol. The van der Waals surface area contributed by atoms with Crippen molar-refractivity contribution in [3.63, 3.8) is 0 Å². The van der Waals surface area contributed by atoms with Crippen molar-refractivity contribution in [1.29, 1.82) is 0 Å². The molecule has 0 radical (unpaired) electrons. The van der Waals surface area contributed by atoms with Gasteiger partial charge in [-0.15, -0.1) is 11.3 Å². The maximum atomic E-state index is 10.9. The second-order valence-electron chi connectivity index (χ2n) is 2.01. The van der Waals surface area contributed by atoms with E-state index in [1.807, 2.05) is 6.92 Å². The molecule has 68 valence electrons. The van der Waals surface area contributed by atoms with Crippen molar-refractivity contribution in [3.05, 3.63) is 13.8 Å². The molecule has 2 nitrogen and oxygen atoms in total. The van der Waals surface area contributed by atoms with Crippen molar-refractivity contribution in [2.24, 2.45) is 0 Å². The average Bonchev–Trinajstić information content (AvgIpc) is 2.15. The van der Waals surface area contributed by atoms with Crippen LogP contribution in [0.2, 0.25) is 0 Å². The van der Waals surface area contributed by atoms with E-state index in [2.05, 4.69) is 31.9 Å². The van der Waals surface area contributed by atoms with E-state index in [9.17, 15) is 8.42 Å². The summed E-state index contributed by atoms with van der Waals surface area (Å²) in [6.45, 7) is 1.81. The highest BCUT2D eigenvalue weighted by Crippen LogP contribution is 2.40. The molecule has 1 aromatic heterocycles. The van der Waals surface area contributed by atoms with Crippen molar-refractivity contribution < 1.29 is 8.42 Å². The summed E-state index contributed by atoms with van der Waals surface area (Å²) in [7, 11) is 1.56. The standard InChI is InChI=1S/C5H3Br2ClO2S2/c1-2-3(6)4(7)5(11-2)12(8,9)10/h1H3. The first-order valence-corrected chi connectivity index (χ1v) is 7.44. The first kappa shape index (κ1) is 11.0. The van der Waals surface area contributed by atoms with Crippen molar-refractivity contribution in [2.75, 3.05) is 0 Å². The summed E-state index contributed by atoms with van der Waals surface area (Å²) in [5.41, 5.74) is 0. The molecule has 7 heteroatoms. The normalized spacial score (nSPS) is 12.0. The Balaban J connectivity index is 3.48. The summed E-state index contributed by atoms with van der Waals surface area (Å²) < 4.78 is 23.3. The zero-order valence-electron chi connectivity index (χ0n) is 5.77. The molecule has 0 N–H and O–H groups in total. The van der Waals surface area contributed by atoms with Gasteiger partial charge in [0.15, 0.2) is 4.21 Å². The summed E-state index contributed by atoms with van der Waals surface area (Å²) in [5.74, 6) is 0. The van der Waals surface area contributed by atoms with Crippen LogP contribution < -0.4 is 0 Å². The van der Waals surface area contributed by atoms with Crippen LogP contribution in [0.4, 0.5) is 0 Å². The fourth-order valence-corrected chi connectivity index (χ4v) is 5.19. The molecule has 0 fully saturated rings. The zero-order chi connectivity index (χ0) is 9.52. The van der Waals surface area contributed by atoms with Gasteiger partial charge in [0, 0.05) is 20.0 Å². The van der Waals surface area contributed by atoms with Crippen LogP contribution in [0, 0.1) is 6.92 Å². The molecule has 12 heavy (non-hydrogen) atoms. The van der Waals surface area contributed by atoms with Gasteiger partial charge in [0.1, 0.15) is 0 Å². The van der Waals surface area contributed by atoms with Gasteiger partial charge in [-0.25, -0.2) is 8.42 Å². The summed E-state index contributed by atoms with van der Waals surface area (Å²) >= 11 is 7.50. The Morgan fingerprint density at radius 3 is 2.00 bits per heavy atom. The lowest BCUT2D eigenvalue weighted by molar-refractivity contribution is 0.611. The molecule has 0 spiro atoms. The van der Waals surface area contributed by atoms with Crippen LogP contribution in [0.5, 0.6) is 0 Å². The number of aryl methyl sites for hydroxylation is 1. The van der Waals surface area contributed by atoms with E-state index in [-0.39, 0.29) is 4.21 Å². The Morgan fingerprint density at radius 2 is 1.83 bits per heavy atom. The van der Waals surface area contributed by atoms with Crippen molar-refractivity contribution in [3.8, 4) is 0 Å². The second kappa shape index (κ2) is 3.57. The van der Waals surface area contributed by atoms with E-state index in [1.165, 1.54) is 0 Å². The van der Waals surface area contributed by atoms with Gasteiger partial charge < -0.3 is 0 Å². The van der Waals surface area contributed by atoms with Gasteiger partial charge in [0.25, 0.3) is 9.05 Å². The third-order valence-corrected chi connectivity index (χ3v) is 7.44. The molecule has 0 amide bonds. The Bertz CT molecular complexity index is 409. The van der Waals surface area contributed by atoms with E-state index in [0.717, 1.165) is 20.7 Å². The molecular weight excluding hydrogens is 351 g/mol. The van der Waals surface area contributed by atoms with Gasteiger partial charge in [0.2, 0.25) is 0 Å². The number of hydrogen-bond donors (Lipinski definition) is 0. The quantitative estimate of drug-likeness (QED) is 0.723. The van der Waals surface area contributed by atoms with Gasteiger partial charge in [0.05, 0.1) is 4.47 Å². The van der Waals surface area contributed by atoms with Gasteiger partial charge in [-0.2, -0.15) is 0 Å². The summed E-state index contributed by atoms with van der Waals surface area (Å²) in [4.78, 5) is 0.876. The van der Waals surface area contributed by atoms with E-state index >= 15 is 0 Å². The predicted octanol–water partition coefficient (Wildman–Crippen LogP) is 3.51. The second-order valence-corrected chi connectivity index (χ2v) is 7.58. The first-order chi connectivity index (χ1) is 5.34. The van der Waals surface area contributed by atoms with Crippen molar-refractivity contribution >= 4 is 62.9 Å². The van der Waals surface area contributed by atoms with E-state index in [1.54, 1.807) is 0 Å². The Hall–Kier alpha value is 0.900. The highest BCUT2D eigenvalue weighted by Gasteiger charge is 2.21. The van der Waals surface area contributed by atoms with Crippen LogP contribution in [-0.4, -0.2) is 8.42 Å².